The summed E-state index contributed by atoms with van der Waals surface area (Å²) >= 11 is 0. The molecule has 0 atom stereocenters. The van der Waals surface area contributed by atoms with Gasteiger partial charge in [0.05, 0.1) is 0 Å². The lowest BCUT2D eigenvalue weighted by Crippen LogP contribution is -2.28. The van der Waals surface area contributed by atoms with Gasteiger partial charge in [-0.2, -0.15) is 0 Å². The van der Waals surface area contributed by atoms with Crippen molar-refractivity contribution in [3.05, 3.63) is 0 Å². The zero-order valence-electron chi connectivity index (χ0n) is 9.03. The second kappa shape index (κ2) is 4.45. The fourth-order valence-electron chi connectivity index (χ4n) is 2.32. The van der Waals surface area contributed by atoms with Crippen molar-refractivity contribution in [1.82, 2.24) is 0 Å². The molecule has 12 heavy (non-hydrogen) atoms. The summed E-state index contributed by atoms with van der Waals surface area (Å²) in [5.74, 6) is 0. The van der Waals surface area contributed by atoms with Gasteiger partial charge in [-0.3, -0.25) is 0 Å². The van der Waals surface area contributed by atoms with E-state index in [2.05, 4.69) is 19.6 Å². The maximum Gasteiger partial charge on any atom is 0.0473 e. The van der Waals surface area contributed by atoms with Crippen molar-refractivity contribution >= 4 is 8.07 Å². The Kier molecular flexibility index (Phi) is 3.82. The van der Waals surface area contributed by atoms with Crippen LogP contribution >= 0.6 is 0 Å². The molecule has 0 amide bonds. The number of hydrogen-bond acceptors (Lipinski definition) is 0. The van der Waals surface area contributed by atoms with E-state index < -0.39 is 8.07 Å². The summed E-state index contributed by atoms with van der Waals surface area (Å²) in [6.07, 6.45) is 10.6. The van der Waals surface area contributed by atoms with Crippen molar-refractivity contribution in [2.45, 2.75) is 70.1 Å². The van der Waals surface area contributed by atoms with Gasteiger partial charge in [-0.05, 0) is 5.54 Å². The van der Waals surface area contributed by atoms with Crippen LogP contribution in [0.5, 0.6) is 0 Å². The summed E-state index contributed by atoms with van der Waals surface area (Å²) in [4.78, 5) is 0. The summed E-state index contributed by atoms with van der Waals surface area (Å²) in [6, 6.07) is 0. The zero-order valence-corrected chi connectivity index (χ0v) is 10.0. The molecule has 1 saturated carbocycles. The Morgan fingerprint density at radius 1 is 0.750 bits per heavy atom. The van der Waals surface area contributed by atoms with Gasteiger partial charge in [-0.15, -0.1) is 0 Å². The highest BCUT2D eigenvalue weighted by Crippen LogP contribution is 2.34. The van der Waals surface area contributed by atoms with Crippen molar-refractivity contribution in [3.8, 4) is 0 Å². The third kappa shape index (κ3) is 3.30. The molecular weight excluding hydrogens is 160 g/mol. The van der Waals surface area contributed by atoms with Gasteiger partial charge in [0.2, 0.25) is 0 Å². The van der Waals surface area contributed by atoms with Crippen LogP contribution in [0.1, 0.15) is 44.9 Å². The van der Waals surface area contributed by atoms with Crippen LogP contribution in [-0.4, -0.2) is 8.07 Å². The normalized spacial score (nSPS) is 23.2. The van der Waals surface area contributed by atoms with Gasteiger partial charge in [0.25, 0.3) is 0 Å². The van der Waals surface area contributed by atoms with Crippen molar-refractivity contribution in [3.63, 3.8) is 0 Å². The van der Waals surface area contributed by atoms with Gasteiger partial charge in [0.1, 0.15) is 0 Å². The topological polar surface area (TPSA) is 0 Å². The highest BCUT2D eigenvalue weighted by molar-refractivity contribution is 6.77. The molecule has 0 heterocycles. The van der Waals surface area contributed by atoms with Crippen LogP contribution in [-0.2, 0) is 0 Å². The molecule has 0 unspecified atom stereocenters. The van der Waals surface area contributed by atoms with E-state index in [4.69, 9.17) is 0 Å². The van der Waals surface area contributed by atoms with Crippen LogP contribution in [0.25, 0.3) is 0 Å². The lowest BCUT2D eigenvalue weighted by atomic mass is 10.0. The Labute approximate surface area is 78.8 Å². The first kappa shape index (κ1) is 10.3. The smallest absolute Gasteiger partial charge is 0.0473 e. The average Bonchev–Trinajstić information content (AvgIpc) is 1.81. The Morgan fingerprint density at radius 2 is 1.17 bits per heavy atom. The maximum absolute atomic E-state index is 2.54. The predicted octanol–water partition coefficient (Wildman–Crippen LogP) is 4.44. The van der Waals surface area contributed by atoms with Gasteiger partial charge >= 0.3 is 0 Å². The second-order valence-electron chi connectivity index (χ2n) is 5.41. The molecule has 1 fully saturated rings. The molecule has 0 N–H and O–H groups in total. The van der Waals surface area contributed by atoms with Crippen LogP contribution in [0.4, 0.5) is 0 Å². The van der Waals surface area contributed by atoms with Crippen LogP contribution in [0.3, 0.4) is 0 Å². The Bertz CT molecular complexity index is 115. The van der Waals surface area contributed by atoms with Gasteiger partial charge in [0, 0.05) is 8.07 Å². The van der Waals surface area contributed by atoms with E-state index in [0.717, 1.165) is 5.54 Å². The fourth-order valence-corrected chi connectivity index (χ4v) is 4.46. The highest BCUT2D eigenvalue weighted by Gasteiger charge is 2.25. The summed E-state index contributed by atoms with van der Waals surface area (Å²) in [6.45, 7) is 7.62. The molecule has 0 nitrogen and oxygen atoms in total. The molecule has 1 rings (SSSR count). The van der Waals surface area contributed by atoms with E-state index in [0.29, 0.717) is 0 Å². The average molecular weight is 184 g/mol. The molecule has 72 valence electrons. The lowest BCUT2D eigenvalue weighted by molar-refractivity contribution is 0.495. The van der Waals surface area contributed by atoms with E-state index in [1.54, 1.807) is 0 Å². The molecule has 0 radical (unpaired) electrons. The first-order valence-electron chi connectivity index (χ1n) is 5.61. The molecule has 0 aromatic carbocycles. The summed E-state index contributed by atoms with van der Waals surface area (Å²) in [5.41, 5.74) is 1.12. The van der Waals surface area contributed by atoms with Gasteiger partial charge in [-0.1, -0.05) is 64.6 Å². The Balaban J connectivity index is 2.40. The SMILES string of the molecule is C[Si](C)(C)C1CCCCCCC1. The maximum atomic E-state index is 2.54. The predicted molar refractivity (Wildman–Crippen MR) is 59.4 cm³/mol. The van der Waals surface area contributed by atoms with Crippen LogP contribution < -0.4 is 0 Å². The largest absolute Gasteiger partial charge is 0.0693 e. The van der Waals surface area contributed by atoms with Gasteiger partial charge < -0.3 is 0 Å². The second-order valence-corrected chi connectivity index (χ2v) is 11.0. The third-order valence-corrected chi connectivity index (χ3v) is 6.36. The van der Waals surface area contributed by atoms with Crippen LogP contribution in [0.15, 0.2) is 0 Å². The Hall–Kier alpha value is 0.217. The molecule has 0 aromatic rings. The summed E-state index contributed by atoms with van der Waals surface area (Å²) in [5, 5.41) is 0. The van der Waals surface area contributed by atoms with Crippen molar-refractivity contribution < 1.29 is 0 Å². The van der Waals surface area contributed by atoms with Crippen molar-refractivity contribution in [1.29, 1.82) is 0 Å². The van der Waals surface area contributed by atoms with E-state index in [1.807, 2.05) is 0 Å². The molecule has 0 saturated heterocycles. The molecule has 1 aliphatic carbocycles. The minimum atomic E-state index is -0.811. The quantitative estimate of drug-likeness (QED) is 0.529. The minimum absolute atomic E-state index is 0.811. The first-order valence-corrected chi connectivity index (χ1v) is 9.18. The molecular formula is C11H24Si. The third-order valence-electron chi connectivity index (χ3n) is 3.33. The monoisotopic (exact) mass is 184 g/mol. The van der Waals surface area contributed by atoms with E-state index >= 15 is 0 Å². The van der Waals surface area contributed by atoms with Crippen molar-refractivity contribution in [2.75, 3.05) is 0 Å². The molecule has 1 aliphatic rings. The summed E-state index contributed by atoms with van der Waals surface area (Å²) < 4.78 is 0. The zero-order chi connectivity index (χ0) is 9.03. The first-order chi connectivity index (χ1) is 5.61. The number of hydrogen-bond donors (Lipinski definition) is 0. The van der Waals surface area contributed by atoms with E-state index in [1.165, 1.54) is 44.9 Å². The highest BCUT2D eigenvalue weighted by atomic mass is 28.3. The molecule has 0 spiro atoms. The van der Waals surface area contributed by atoms with E-state index in [-0.39, 0.29) is 0 Å². The Morgan fingerprint density at radius 3 is 1.58 bits per heavy atom. The van der Waals surface area contributed by atoms with Crippen LogP contribution in [0.2, 0.25) is 25.2 Å². The molecule has 0 bridgehead atoms. The van der Waals surface area contributed by atoms with Gasteiger partial charge in [0.15, 0.2) is 0 Å². The molecule has 0 aliphatic heterocycles. The molecule has 0 aromatic heterocycles. The van der Waals surface area contributed by atoms with Gasteiger partial charge in [-0.25, -0.2) is 0 Å². The standard InChI is InChI=1S/C11H24Si/c1-12(2,3)11-9-7-5-4-6-8-10-11/h11H,4-10H2,1-3H3. The number of rotatable bonds is 1. The minimum Gasteiger partial charge on any atom is -0.0693 e. The van der Waals surface area contributed by atoms with E-state index in [9.17, 15) is 0 Å². The van der Waals surface area contributed by atoms with Crippen molar-refractivity contribution in [2.24, 2.45) is 0 Å². The summed E-state index contributed by atoms with van der Waals surface area (Å²) in [7, 11) is -0.811. The lowest BCUT2D eigenvalue weighted by Gasteiger charge is -2.30. The molecule has 1 heteroatoms. The fraction of sp³-hybridized carbons (Fsp3) is 1.00. The van der Waals surface area contributed by atoms with Crippen LogP contribution in [0, 0.1) is 0 Å².